The van der Waals surface area contributed by atoms with Crippen LogP contribution in [0.15, 0.2) is 110 Å². The highest BCUT2D eigenvalue weighted by Gasteiger charge is 2.17. The second-order valence-electron chi connectivity index (χ2n) is 14.1. The smallest absolute Gasteiger partial charge is 0.251 e. The second-order valence-corrected chi connectivity index (χ2v) is 14.5. The third-order valence-corrected chi connectivity index (χ3v) is 9.49. The number of amides is 2. The zero-order chi connectivity index (χ0) is 42.7. The van der Waals surface area contributed by atoms with E-state index in [0.717, 1.165) is 37.3 Å². The van der Waals surface area contributed by atoms with E-state index in [0.29, 0.717) is 74.7 Å². The number of aryl methyl sites for hydroxylation is 2. The Balaban J connectivity index is 0.000000185. The normalized spacial score (nSPS) is 11.0. The summed E-state index contributed by atoms with van der Waals surface area (Å²) in [6, 6.07) is 22.1. The molecule has 310 valence electrons. The number of nitrogens with zero attached hydrogens (tertiary/aromatic N) is 6. The van der Waals surface area contributed by atoms with E-state index < -0.39 is 0 Å². The minimum Gasteiger partial charge on any atom is -0.473 e. The number of carbonyl (C=O) groups is 2. The summed E-state index contributed by atoms with van der Waals surface area (Å²) < 4.78 is 32.4. The molecule has 4 aromatic carbocycles. The van der Waals surface area contributed by atoms with Crippen molar-refractivity contribution in [3.05, 3.63) is 149 Å². The predicted octanol–water partition coefficient (Wildman–Crippen LogP) is 8.48. The number of halogens is 3. The number of rotatable bonds is 14. The molecule has 8 rings (SSSR count). The fraction of sp³-hybridized carbons (Fsp3) is 0.200. The lowest BCUT2D eigenvalue weighted by atomic mass is 10.1. The van der Waals surface area contributed by atoms with Gasteiger partial charge in [-0.2, -0.15) is 0 Å². The fourth-order valence-corrected chi connectivity index (χ4v) is 6.48. The van der Waals surface area contributed by atoms with Crippen molar-refractivity contribution in [2.45, 2.75) is 45.6 Å². The Hall–Kier alpha value is -7.13. The van der Waals surface area contributed by atoms with Crippen LogP contribution in [-0.4, -0.2) is 70.9 Å². The van der Waals surface area contributed by atoms with E-state index >= 15 is 0 Å². The molecule has 4 N–H and O–H groups in total. The summed E-state index contributed by atoms with van der Waals surface area (Å²) in [5.74, 6) is 1.11. The first kappa shape index (κ1) is 42.0. The van der Waals surface area contributed by atoms with Crippen molar-refractivity contribution in [3.63, 3.8) is 0 Å². The van der Waals surface area contributed by atoms with E-state index in [1.165, 1.54) is 24.3 Å². The van der Waals surface area contributed by atoms with Crippen LogP contribution in [0.25, 0.3) is 44.6 Å². The van der Waals surface area contributed by atoms with Gasteiger partial charge in [0.15, 0.2) is 5.15 Å². The minimum absolute atomic E-state index is 0.104. The predicted molar refractivity (Wildman–Crippen MR) is 229 cm³/mol. The van der Waals surface area contributed by atoms with Crippen LogP contribution in [0.2, 0.25) is 5.15 Å². The van der Waals surface area contributed by atoms with Gasteiger partial charge in [-0.05, 0) is 112 Å². The van der Waals surface area contributed by atoms with Gasteiger partial charge in [-0.3, -0.25) is 9.59 Å². The van der Waals surface area contributed by atoms with Crippen LogP contribution < -0.4 is 15.4 Å². The van der Waals surface area contributed by atoms with Gasteiger partial charge >= 0.3 is 0 Å². The third kappa shape index (κ3) is 11.1. The average Bonchev–Trinajstić information content (AvgIpc) is 3.99. The number of nitrogens with one attached hydrogen (secondary N) is 4. The Kier molecular flexibility index (Phi) is 13.6. The molecule has 0 atom stereocenters. The molecule has 0 aliphatic carbocycles. The maximum atomic E-state index is 13.4. The standard InChI is InChI=1S/C24H24FN5O2.C21H17ClFN5O/c1-15(2)32-24-22(16-5-8-18(25)9-6-16)29-20-14-17(7-10-19(20)30-24)23(31)28-11-3-4-21-26-12-13-27-21;22-20-19(13-3-6-15(23)7-4-13)27-17-12-14(5-8-16(17)28-20)21(29)26-9-1-2-18-24-10-11-25-18/h5-10,12-15H,3-4,11H2,1-2H3,(H,26,27)(H,28,31);3-8,10-12H,1-2,9H2,(H,24,25)(H,26,29). The molecule has 0 radical (unpaired) electrons. The molecule has 2 amide bonds. The van der Waals surface area contributed by atoms with Crippen molar-refractivity contribution < 1.29 is 23.1 Å². The van der Waals surface area contributed by atoms with Gasteiger partial charge in [0, 0.05) is 73.0 Å². The first-order valence-corrected chi connectivity index (χ1v) is 20.0. The molecule has 4 aromatic heterocycles. The third-order valence-electron chi connectivity index (χ3n) is 9.22. The summed E-state index contributed by atoms with van der Waals surface area (Å²) in [7, 11) is 0. The Labute approximate surface area is 354 Å². The molecule has 0 saturated heterocycles. The van der Waals surface area contributed by atoms with E-state index in [1.54, 1.807) is 85.5 Å². The van der Waals surface area contributed by atoms with Crippen molar-refractivity contribution >= 4 is 45.5 Å². The van der Waals surface area contributed by atoms with Gasteiger partial charge in [-0.15, -0.1) is 0 Å². The largest absolute Gasteiger partial charge is 0.473 e. The zero-order valence-corrected chi connectivity index (χ0v) is 34.0. The molecule has 8 aromatic rings. The minimum atomic E-state index is -0.343. The fourth-order valence-electron chi connectivity index (χ4n) is 6.24. The summed E-state index contributed by atoms with van der Waals surface area (Å²) >= 11 is 6.25. The van der Waals surface area contributed by atoms with Gasteiger partial charge in [0.05, 0.1) is 28.2 Å². The molecule has 0 bridgehead atoms. The van der Waals surface area contributed by atoms with Crippen molar-refractivity contribution in [1.82, 2.24) is 50.5 Å². The molecule has 0 spiro atoms. The van der Waals surface area contributed by atoms with Crippen molar-refractivity contribution in [2.24, 2.45) is 0 Å². The first-order valence-electron chi connectivity index (χ1n) is 19.6. The Morgan fingerprint density at radius 3 is 1.59 bits per heavy atom. The van der Waals surface area contributed by atoms with Crippen LogP contribution in [0.1, 0.15) is 59.1 Å². The van der Waals surface area contributed by atoms with Gasteiger partial charge < -0.3 is 25.3 Å². The highest BCUT2D eigenvalue weighted by Crippen LogP contribution is 2.31. The lowest BCUT2D eigenvalue weighted by molar-refractivity contribution is 0.0945. The number of hydrogen-bond acceptors (Lipinski definition) is 9. The topological polar surface area (TPSA) is 176 Å². The van der Waals surface area contributed by atoms with Crippen LogP contribution in [0, 0.1) is 11.6 Å². The Bertz CT molecular complexity index is 2730. The molecule has 0 aliphatic rings. The van der Waals surface area contributed by atoms with Gasteiger partial charge in [0.1, 0.15) is 34.7 Å². The lowest BCUT2D eigenvalue weighted by Gasteiger charge is -2.14. The highest BCUT2D eigenvalue weighted by molar-refractivity contribution is 6.32. The van der Waals surface area contributed by atoms with E-state index in [-0.39, 0.29) is 34.7 Å². The van der Waals surface area contributed by atoms with Gasteiger partial charge in [0.2, 0.25) is 5.88 Å². The molecule has 13 nitrogen and oxygen atoms in total. The van der Waals surface area contributed by atoms with Gasteiger partial charge in [-0.1, -0.05) is 11.6 Å². The van der Waals surface area contributed by atoms with Crippen LogP contribution in [-0.2, 0) is 12.8 Å². The lowest BCUT2D eigenvalue weighted by Crippen LogP contribution is -2.24. The van der Waals surface area contributed by atoms with Crippen LogP contribution >= 0.6 is 11.6 Å². The number of hydrogen-bond donors (Lipinski definition) is 4. The molecule has 0 saturated carbocycles. The summed E-state index contributed by atoms with van der Waals surface area (Å²) in [5.41, 5.74) is 5.54. The number of carbonyl (C=O) groups excluding carboxylic acids is 2. The summed E-state index contributed by atoms with van der Waals surface area (Å²) in [4.78, 5) is 57.7. The van der Waals surface area contributed by atoms with Crippen molar-refractivity contribution in [3.8, 4) is 28.4 Å². The Morgan fingerprint density at radius 1 is 0.639 bits per heavy atom. The molecule has 4 heterocycles. The summed E-state index contributed by atoms with van der Waals surface area (Å²) in [5, 5.41) is 6.04. The van der Waals surface area contributed by atoms with Crippen LogP contribution in [0.4, 0.5) is 8.78 Å². The summed E-state index contributed by atoms with van der Waals surface area (Å²) in [6.45, 7) is 4.87. The number of fused-ring (bicyclic) bond motifs is 2. The molecule has 61 heavy (non-hydrogen) atoms. The monoisotopic (exact) mass is 842 g/mol. The van der Waals surface area contributed by atoms with E-state index in [4.69, 9.17) is 21.3 Å². The van der Waals surface area contributed by atoms with E-state index in [2.05, 4.69) is 45.5 Å². The maximum Gasteiger partial charge on any atom is 0.251 e. The van der Waals surface area contributed by atoms with Crippen LogP contribution in [0.5, 0.6) is 5.88 Å². The molecular formula is C45H41ClF2N10O3. The molecule has 0 aliphatic heterocycles. The molecule has 0 unspecified atom stereocenters. The summed E-state index contributed by atoms with van der Waals surface area (Å²) in [6.07, 6.45) is 9.93. The first-order chi connectivity index (χ1) is 29.6. The number of H-pyrrole nitrogens is 2. The number of aromatic nitrogens is 8. The van der Waals surface area contributed by atoms with E-state index in [1.807, 2.05) is 13.8 Å². The highest BCUT2D eigenvalue weighted by atomic mass is 35.5. The molecular weight excluding hydrogens is 802 g/mol. The zero-order valence-electron chi connectivity index (χ0n) is 33.3. The number of benzene rings is 4. The van der Waals surface area contributed by atoms with Gasteiger partial charge in [-0.25, -0.2) is 38.7 Å². The molecule has 16 heteroatoms. The van der Waals surface area contributed by atoms with E-state index in [9.17, 15) is 18.4 Å². The van der Waals surface area contributed by atoms with Crippen LogP contribution in [0.3, 0.4) is 0 Å². The maximum absolute atomic E-state index is 13.4. The van der Waals surface area contributed by atoms with Crippen molar-refractivity contribution in [1.29, 1.82) is 0 Å². The average molecular weight is 843 g/mol. The second kappa shape index (κ2) is 19.7. The number of aromatic amines is 2. The number of imidazole rings is 2. The molecule has 0 fully saturated rings. The number of ether oxygens (including phenoxy) is 1. The quantitative estimate of drug-likeness (QED) is 0.0783. The Morgan fingerprint density at radius 2 is 1.11 bits per heavy atom. The van der Waals surface area contributed by atoms with Gasteiger partial charge in [0.25, 0.3) is 11.8 Å². The SMILES string of the molecule is CC(C)Oc1nc2ccc(C(=O)NCCCc3ncc[nH]3)cc2nc1-c1ccc(F)cc1.O=C(NCCCc1ncc[nH]1)c1ccc2nc(Cl)c(-c3ccc(F)cc3)nc2c1. The van der Waals surface area contributed by atoms with Crippen molar-refractivity contribution in [2.75, 3.05) is 13.1 Å².